The second-order valence-electron chi connectivity index (χ2n) is 4.12. The lowest BCUT2D eigenvalue weighted by molar-refractivity contribution is 1.20. The van der Waals surface area contributed by atoms with E-state index < -0.39 is 0 Å². The van der Waals surface area contributed by atoms with E-state index in [4.69, 9.17) is 0 Å². The molecule has 3 nitrogen and oxygen atoms in total. The molecule has 88 valence electrons. The van der Waals surface area contributed by atoms with Crippen molar-refractivity contribution >= 4 is 11.4 Å². The van der Waals surface area contributed by atoms with Gasteiger partial charge in [-0.2, -0.15) is 0 Å². The Labute approximate surface area is 106 Å². The Kier molecular flexibility index (Phi) is 2.65. The predicted molar refractivity (Wildman–Crippen MR) is 73.9 cm³/mol. The first-order chi connectivity index (χ1) is 8.86. The maximum atomic E-state index is 4.52. The van der Waals surface area contributed by atoms with Crippen molar-refractivity contribution in [3.8, 4) is 0 Å². The maximum absolute atomic E-state index is 4.52. The standard InChI is InChI=1S/C15H13N3/c1-18-11-10-17-15(13-7-4-5-9-16-13)12-6-2-3-8-14(12)18/h2-11H,1H3. The van der Waals surface area contributed by atoms with E-state index in [1.807, 2.05) is 49.8 Å². The summed E-state index contributed by atoms with van der Waals surface area (Å²) >= 11 is 0. The summed E-state index contributed by atoms with van der Waals surface area (Å²) in [5.41, 5.74) is 4.04. The van der Waals surface area contributed by atoms with E-state index in [9.17, 15) is 0 Å². The van der Waals surface area contributed by atoms with E-state index >= 15 is 0 Å². The van der Waals surface area contributed by atoms with E-state index in [-0.39, 0.29) is 0 Å². The molecule has 1 aromatic heterocycles. The van der Waals surface area contributed by atoms with Gasteiger partial charge in [0.15, 0.2) is 0 Å². The van der Waals surface area contributed by atoms with Crippen LogP contribution in [0.3, 0.4) is 0 Å². The number of para-hydroxylation sites is 1. The van der Waals surface area contributed by atoms with Crippen molar-refractivity contribution in [1.82, 2.24) is 4.98 Å². The van der Waals surface area contributed by atoms with Crippen LogP contribution in [0.4, 0.5) is 5.69 Å². The van der Waals surface area contributed by atoms with Crippen molar-refractivity contribution in [3.05, 3.63) is 72.3 Å². The molecule has 2 heterocycles. The predicted octanol–water partition coefficient (Wildman–Crippen LogP) is 2.84. The summed E-state index contributed by atoms with van der Waals surface area (Å²) in [5.74, 6) is 0. The molecule has 0 aliphatic carbocycles. The summed E-state index contributed by atoms with van der Waals surface area (Å²) in [4.78, 5) is 11.0. The van der Waals surface area contributed by atoms with Crippen LogP contribution in [0.2, 0.25) is 0 Å². The molecular weight excluding hydrogens is 222 g/mol. The molecule has 0 atom stereocenters. The Bertz CT molecular complexity index is 615. The molecule has 3 rings (SSSR count). The van der Waals surface area contributed by atoms with Crippen LogP contribution >= 0.6 is 0 Å². The van der Waals surface area contributed by atoms with E-state index in [0.717, 1.165) is 22.7 Å². The molecule has 0 radical (unpaired) electrons. The molecule has 0 spiro atoms. The van der Waals surface area contributed by atoms with Gasteiger partial charge in [0.2, 0.25) is 0 Å². The molecule has 1 aromatic carbocycles. The Morgan fingerprint density at radius 2 is 1.83 bits per heavy atom. The number of hydrogen-bond donors (Lipinski definition) is 0. The maximum Gasteiger partial charge on any atom is 0.0979 e. The number of fused-ring (bicyclic) bond motifs is 1. The number of aliphatic imine (C=N–C) groups is 1. The van der Waals surface area contributed by atoms with Crippen LogP contribution in [0.5, 0.6) is 0 Å². The average molecular weight is 235 g/mol. The van der Waals surface area contributed by atoms with Crippen LogP contribution in [-0.2, 0) is 0 Å². The summed E-state index contributed by atoms with van der Waals surface area (Å²) in [6.45, 7) is 0. The molecule has 1 aliphatic heterocycles. The quantitative estimate of drug-likeness (QED) is 0.760. The van der Waals surface area contributed by atoms with Crippen LogP contribution in [0, 0.1) is 0 Å². The Morgan fingerprint density at radius 1 is 1.00 bits per heavy atom. The highest BCUT2D eigenvalue weighted by Gasteiger charge is 2.15. The highest BCUT2D eigenvalue weighted by molar-refractivity contribution is 6.15. The molecule has 0 unspecified atom stereocenters. The van der Waals surface area contributed by atoms with Crippen LogP contribution in [0.15, 0.2) is 66.1 Å². The van der Waals surface area contributed by atoms with Crippen LogP contribution in [-0.4, -0.2) is 17.7 Å². The molecule has 3 heteroatoms. The highest BCUT2D eigenvalue weighted by Crippen LogP contribution is 2.24. The Hall–Kier alpha value is -2.42. The van der Waals surface area contributed by atoms with E-state index in [1.54, 1.807) is 6.20 Å². The molecule has 0 fully saturated rings. The first-order valence-corrected chi connectivity index (χ1v) is 5.84. The number of pyridine rings is 1. The van der Waals surface area contributed by atoms with Gasteiger partial charge in [0.05, 0.1) is 11.4 Å². The lowest BCUT2D eigenvalue weighted by Crippen LogP contribution is -2.12. The van der Waals surface area contributed by atoms with Gasteiger partial charge in [-0.05, 0) is 18.2 Å². The van der Waals surface area contributed by atoms with Crippen molar-refractivity contribution in [2.24, 2.45) is 4.99 Å². The van der Waals surface area contributed by atoms with Crippen LogP contribution < -0.4 is 4.90 Å². The minimum Gasteiger partial charge on any atom is -0.349 e. The average Bonchev–Trinajstić information content (AvgIpc) is 2.60. The van der Waals surface area contributed by atoms with Crippen molar-refractivity contribution in [1.29, 1.82) is 0 Å². The normalized spacial score (nSPS) is 13.8. The van der Waals surface area contributed by atoms with Crippen molar-refractivity contribution in [2.75, 3.05) is 11.9 Å². The van der Waals surface area contributed by atoms with Crippen molar-refractivity contribution in [2.45, 2.75) is 0 Å². The van der Waals surface area contributed by atoms with E-state index in [0.29, 0.717) is 0 Å². The minimum absolute atomic E-state index is 0.893. The third-order valence-corrected chi connectivity index (χ3v) is 2.94. The number of hydrogen-bond acceptors (Lipinski definition) is 3. The fraction of sp³-hybridized carbons (Fsp3) is 0.0667. The summed E-state index contributed by atoms with van der Waals surface area (Å²) in [6, 6.07) is 14.1. The Balaban J connectivity index is 2.19. The molecular formula is C15H13N3. The summed E-state index contributed by atoms with van der Waals surface area (Å²) < 4.78 is 0. The van der Waals surface area contributed by atoms with Gasteiger partial charge < -0.3 is 4.90 Å². The Morgan fingerprint density at radius 3 is 2.67 bits per heavy atom. The molecule has 0 N–H and O–H groups in total. The lowest BCUT2D eigenvalue weighted by atomic mass is 10.0. The van der Waals surface area contributed by atoms with Crippen molar-refractivity contribution in [3.63, 3.8) is 0 Å². The number of rotatable bonds is 1. The van der Waals surface area contributed by atoms with Crippen molar-refractivity contribution < 1.29 is 0 Å². The van der Waals surface area contributed by atoms with Gasteiger partial charge in [0.25, 0.3) is 0 Å². The topological polar surface area (TPSA) is 28.5 Å². The second kappa shape index (κ2) is 4.45. The number of anilines is 1. The number of benzene rings is 1. The fourth-order valence-corrected chi connectivity index (χ4v) is 2.05. The van der Waals surface area contributed by atoms with Gasteiger partial charge in [0, 0.05) is 36.9 Å². The van der Waals surface area contributed by atoms with Gasteiger partial charge in [-0.15, -0.1) is 0 Å². The summed E-state index contributed by atoms with van der Waals surface area (Å²) in [6.07, 6.45) is 5.55. The van der Waals surface area contributed by atoms with E-state index in [2.05, 4.69) is 27.0 Å². The lowest BCUT2D eigenvalue weighted by Gasteiger charge is -2.16. The van der Waals surface area contributed by atoms with Gasteiger partial charge in [-0.1, -0.05) is 24.3 Å². The first-order valence-electron chi connectivity index (χ1n) is 5.84. The highest BCUT2D eigenvalue weighted by atomic mass is 15.1. The third-order valence-electron chi connectivity index (χ3n) is 2.94. The SMILES string of the molecule is CN1C=CN=C(c2ccccn2)c2ccccc21. The zero-order chi connectivity index (χ0) is 12.4. The molecule has 0 saturated heterocycles. The zero-order valence-corrected chi connectivity index (χ0v) is 10.1. The second-order valence-corrected chi connectivity index (χ2v) is 4.12. The largest absolute Gasteiger partial charge is 0.349 e. The zero-order valence-electron chi connectivity index (χ0n) is 10.1. The molecule has 0 amide bonds. The van der Waals surface area contributed by atoms with E-state index in [1.165, 1.54) is 0 Å². The smallest absolute Gasteiger partial charge is 0.0979 e. The minimum atomic E-state index is 0.893. The summed E-state index contributed by atoms with van der Waals surface area (Å²) in [7, 11) is 2.02. The van der Waals surface area contributed by atoms with Gasteiger partial charge in [0.1, 0.15) is 0 Å². The molecule has 2 aromatic rings. The first kappa shape index (κ1) is 10.7. The van der Waals surface area contributed by atoms with Crippen LogP contribution in [0.25, 0.3) is 0 Å². The van der Waals surface area contributed by atoms with Crippen LogP contribution in [0.1, 0.15) is 11.3 Å². The van der Waals surface area contributed by atoms with Gasteiger partial charge in [-0.3, -0.25) is 9.98 Å². The fourth-order valence-electron chi connectivity index (χ4n) is 2.05. The molecule has 1 aliphatic rings. The summed E-state index contributed by atoms with van der Waals surface area (Å²) in [5, 5.41) is 0. The molecule has 0 bridgehead atoms. The number of nitrogens with zero attached hydrogens (tertiary/aromatic N) is 3. The number of aromatic nitrogens is 1. The monoisotopic (exact) mass is 235 g/mol. The molecule has 18 heavy (non-hydrogen) atoms. The third kappa shape index (κ3) is 1.80. The van der Waals surface area contributed by atoms with Gasteiger partial charge in [-0.25, -0.2) is 0 Å². The van der Waals surface area contributed by atoms with Gasteiger partial charge >= 0.3 is 0 Å². The molecule has 0 saturated carbocycles.